The summed E-state index contributed by atoms with van der Waals surface area (Å²) in [6.07, 6.45) is 0. The SMILES string of the molecule is CC1(C)c2ccccc2-c2ccc(-c3c4oc5ccc(N(c6ccccc6)c6ccccc6-c6ccccc6)cc5c4cc4oc5ccccc5c34)cc21. The minimum atomic E-state index is -0.132. The fourth-order valence-corrected chi connectivity index (χ4v) is 8.91. The van der Waals surface area contributed by atoms with Crippen LogP contribution in [0.15, 0.2) is 185 Å². The van der Waals surface area contributed by atoms with Crippen molar-refractivity contribution < 1.29 is 8.83 Å². The second-order valence-electron chi connectivity index (χ2n) is 14.9. The Balaban J connectivity index is 1.17. The fraction of sp³-hybridized carbons (Fsp3) is 0.0588. The van der Waals surface area contributed by atoms with Crippen LogP contribution in [0.4, 0.5) is 17.1 Å². The second kappa shape index (κ2) is 11.6. The van der Waals surface area contributed by atoms with Crippen LogP contribution in [-0.2, 0) is 5.41 Å². The first-order valence-corrected chi connectivity index (χ1v) is 18.6. The van der Waals surface area contributed by atoms with Crippen LogP contribution in [0.5, 0.6) is 0 Å². The van der Waals surface area contributed by atoms with Crippen molar-refractivity contribution in [3.05, 3.63) is 187 Å². The number of nitrogens with zero attached hydrogens (tertiary/aromatic N) is 1. The molecule has 0 saturated heterocycles. The van der Waals surface area contributed by atoms with Gasteiger partial charge in [-0.25, -0.2) is 0 Å². The quantitative estimate of drug-likeness (QED) is 0.180. The number of fused-ring (bicyclic) bond motifs is 9. The molecule has 256 valence electrons. The standard InChI is InChI=1S/C51H35NO2/c1-51(2)42-22-12-9-20-37(42)38-27-25-33(29-43(38)51)48-49-39-21-11-14-24-45(39)53-47(49)31-41-40-30-35(26-28-46(40)54-50(41)48)52(34-17-7-4-8-18-34)44-23-13-10-19-36(44)32-15-5-3-6-16-32/h3-31H,1-2H3. The minimum Gasteiger partial charge on any atom is -0.456 e. The number of hydrogen-bond donors (Lipinski definition) is 0. The molecule has 0 atom stereocenters. The molecule has 0 aliphatic heterocycles. The van der Waals surface area contributed by atoms with E-state index in [1.54, 1.807) is 0 Å². The van der Waals surface area contributed by atoms with Gasteiger partial charge in [-0.2, -0.15) is 0 Å². The van der Waals surface area contributed by atoms with E-state index < -0.39 is 0 Å². The Labute approximate surface area is 313 Å². The highest BCUT2D eigenvalue weighted by molar-refractivity contribution is 6.24. The first kappa shape index (κ1) is 30.8. The van der Waals surface area contributed by atoms with Crippen molar-refractivity contribution in [2.45, 2.75) is 19.3 Å². The Morgan fingerprint density at radius 1 is 0.426 bits per heavy atom. The van der Waals surface area contributed by atoms with Crippen LogP contribution < -0.4 is 4.90 Å². The highest BCUT2D eigenvalue weighted by Gasteiger charge is 2.36. The van der Waals surface area contributed by atoms with Crippen LogP contribution >= 0.6 is 0 Å². The molecule has 0 unspecified atom stereocenters. The largest absolute Gasteiger partial charge is 0.456 e. The maximum atomic E-state index is 6.98. The number of furan rings is 2. The number of hydrogen-bond acceptors (Lipinski definition) is 3. The van der Waals surface area contributed by atoms with Crippen LogP contribution in [0.3, 0.4) is 0 Å². The van der Waals surface area contributed by atoms with E-state index in [1.165, 1.54) is 27.8 Å². The molecule has 3 nitrogen and oxygen atoms in total. The van der Waals surface area contributed by atoms with Gasteiger partial charge in [-0.15, -0.1) is 0 Å². The molecule has 0 spiro atoms. The van der Waals surface area contributed by atoms with Gasteiger partial charge >= 0.3 is 0 Å². The van der Waals surface area contributed by atoms with Crippen molar-refractivity contribution in [1.29, 1.82) is 0 Å². The van der Waals surface area contributed by atoms with Gasteiger partial charge in [-0.1, -0.05) is 135 Å². The summed E-state index contributed by atoms with van der Waals surface area (Å²) in [7, 11) is 0. The summed E-state index contributed by atoms with van der Waals surface area (Å²) < 4.78 is 13.6. The Morgan fingerprint density at radius 3 is 1.96 bits per heavy atom. The molecule has 0 amide bonds. The van der Waals surface area contributed by atoms with Crippen molar-refractivity contribution in [2.24, 2.45) is 0 Å². The molecule has 1 aliphatic rings. The summed E-state index contributed by atoms with van der Waals surface area (Å²) in [5.41, 5.74) is 16.3. The molecule has 2 aromatic heterocycles. The van der Waals surface area contributed by atoms with Crippen molar-refractivity contribution in [3.63, 3.8) is 0 Å². The molecular weight excluding hydrogens is 659 g/mol. The summed E-state index contributed by atoms with van der Waals surface area (Å²) in [6, 6.07) is 62.7. The molecule has 0 saturated carbocycles. The smallest absolute Gasteiger partial charge is 0.144 e. The summed E-state index contributed by atoms with van der Waals surface area (Å²) in [5, 5.41) is 4.23. The predicted molar refractivity (Wildman–Crippen MR) is 224 cm³/mol. The van der Waals surface area contributed by atoms with Gasteiger partial charge in [0.15, 0.2) is 0 Å². The highest BCUT2D eigenvalue weighted by Crippen LogP contribution is 2.52. The fourth-order valence-electron chi connectivity index (χ4n) is 8.91. The van der Waals surface area contributed by atoms with E-state index in [1.807, 2.05) is 6.07 Å². The maximum Gasteiger partial charge on any atom is 0.144 e. The number of para-hydroxylation sites is 3. The van der Waals surface area contributed by atoms with E-state index in [0.717, 1.165) is 77.6 Å². The lowest BCUT2D eigenvalue weighted by Gasteiger charge is -2.28. The molecule has 1 aliphatic carbocycles. The van der Waals surface area contributed by atoms with Crippen molar-refractivity contribution >= 4 is 60.9 Å². The number of anilines is 3. The average molecular weight is 694 g/mol. The van der Waals surface area contributed by atoms with Crippen LogP contribution in [0.25, 0.3) is 77.3 Å². The van der Waals surface area contributed by atoms with Crippen LogP contribution in [0, 0.1) is 0 Å². The Morgan fingerprint density at radius 2 is 1.11 bits per heavy atom. The lowest BCUT2D eigenvalue weighted by Crippen LogP contribution is -2.14. The van der Waals surface area contributed by atoms with Crippen molar-refractivity contribution in [1.82, 2.24) is 0 Å². The van der Waals surface area contributed by atoms with Gasteiger partial charge in [0.25, 0.3) is 0 Å². The van der Waals surface area contributed by atoms with Gasteiger partial charge < -0.3 is 13.7 Å². The summed E-state index contributed by atoms with van der Waals surface area (Å²) in [6.45, 7) is 4.67. The molecule has 0 bridgehead atoms. The third-order valence-corrected chi connectivity index (χ3v) is 11.5. The van der Waals surface area contributed by atoms with E-state index in [2.05, 4.69) is 189 Å². The lowest BCUT2D eigenvalue weighted by atomic mass is 9.81. The van der Waals surface area contributed by atoms with E-state index in [4.69, 9.17) is 8.83 Å². The Kier molecular flexibility index (Phi) is 6.60. The summed E-state index contributed by atoms with van der Waals surface area (Å²) in [5.74, 6) is 0. The Hall–Kier alpha value is -6.84. The highest BCUT2D eigenvalue weighted by atomic mass is 16.3. The Bertz CT molecular complexity index is 3080. The zero-order chi connectivity index (χ0) is 36.0. The van der Waals surface area contributed by atoms with Gasteiger partial charge in [-0.3, -0.25) is 0 Å². The van der Waals surface area contributed by atoms with E-state index in [0.29, 0.717) is 0 Å². The van der Waals surface area contributed by atoms with E-state index in [9.17, 15) is 0 Å². The average Bonchev–Trinajstić information content (AvgIpc) is 3.85. The molecule has 3 heteroatoms. The molecule has 0 fully saturated rings. The molecule has 8 aromatic carbocycles. The number of benzene rings is 8. The number of rotatable bonds is 5. The van der Waals surface area contributed by atoms with Crippen LogP contribution in [-0.4, -0.2) is 0 Å². The molecule has 11 rings (SSSR count). The minimum absolute atomic E-state index is 0.132. The summed E-state index contributed by atoms with van der Waals surface area (Å²) in [4.78, 5) is 2.35. The summed E-state index contributed by atoms with van der Waals surface area (Å²) >= 11 is 0. The first-order valence-electron chi connectivity index (χ1n) is 18.6. The lowest BCUT2D eigenvalue weighted by molar-refractivity contribution is 0.660. The second-order valence-corrected chi connectivity index (χ2v) is 14.9. The zero-order valence-corrected chi connectivity index (χ0v) is 30.0. The van der Waals surface area contributed by atoms with Crippen molar-refractivity contribution in [2.75, 3.05) is 4.90 Å². The van der Waals surface area contributed by atoms with Gasteiger partial charge in [0, 0.05) is 49.5 Å². The topological polar surface area (TPSA) is 29.5 Å². The van der Waals surface area contributed by atoms with Gasteiger partial charge in [-0.05, 0) is 88.0 Å². The van der Waals surface area contributed by atoms with Gasteiger partial charge in [0.2, 0.25) is 0 Å². The molecule has 54 heavy (non-hydrogen) atoms. The predicted octanol–water partition coefficient (Wildman–Crippen LogP) is 14.6. The van der Waals surface area contributed by atoms with E-state index >= 15 is 0 Å². The van der Waals surface area contributed by atoms with E-state index in [-0.39, 0.29) is 5.41 Å². The third kappa shape index (κ3) is 4.48. The normalized spacial score (nSPS) is 13.1. The van der Waals surface area contributed by atoms with Gasteiger partial charge in [0.1, 0.15) is 22.3 Å². The van der Waals surface area contributed by atoms with Gasteiger partial charge in [0.05, 0.1) is 5.69 Å². The maximum absolute atomic E-state index is 6.98. The monoisotopic (exact) mass is 693 g/mol. The molecule has 10 aromatic rings. The third-order valence-electron chi connectivity index (χ3n) is 11.5. The molecule has 0 N–H and O–H groups in total. The zero-order valence-electron chi connectivity index (χ0n) is 30.0. The molecule has 0 radical (unpaired) electrons. The van der Waals surface area contributed by atoms with Crippen LogP contribution in [0.2, 0.25) is 0 Å². The first-order chi connectivity index (χ1) is 26.5. The van der Waals surface area contributed by atoms with Crippen molar-refractivity contribution in [3.8, 4) is 33.4 Å². The molecule has 2 heterocycles. The van der Waals surface area contributed by atoms with Crippen LogP contribution in [0.1, 0.15) is 25.0 Å². The molecular formula is C51H35NO2.